The molecule has 13 heteroatoms. The molecular formula is C43H60ClN5O7. The molecule has 1 aliphatic carbocycles. The number of imide groups is 1. The van der Waals surface area contributed by atoms with Crippen LogP contribution in [0.4, 0.5) is 0 Å². The minimum Gasteiger partial charge on any atom is -0.489 e. The molecule has 3 amide bonds. The second-order valence-corrected chi connectivity index (χ2v) is 18.1. The topological polar surface area (TPSA) is 161 Å². The Labute approximate surface area is 337 Å². The number of rotatable bonds is 14. The molecule has 3 heterocycles. The fourth-order valence-corrected chi connectivity index (χ4v) is 11.0. The van der Waals surface area contributed by atoms with Crippen molar-refractivity contribution in [3.63, 3.8) is 0 Å². The summed E-state index contributed by atoms with van der Waals surface area (Å²) in [7, 11) is 0. The number of carbonyl (C=O) groups excluding carboxylic acids is 4. The molecule has 1 aromatic rings. The van der Waals surface area contributed by atoms with E-state index in [1.807, 2.05) is 6.92 Å². The highest BCUT2D eigenvalue weighted by molar-refractivity contribution is 6.31. The third kappa shape index (κ3) is 9.11. The molecule has 12 nitrogen and oxygen atoms in total. The summed E-state index contributed by atoms with van der Waals surface area (Å²) in [6.07, 6.45) is 5.77. The molecule has 1 saturated carbocycles. The third-order valence-electron chi connectivity index (χ3n) is 13.1. The van der Waals surface area contributed by atoms with Gasteiger partial charge in [0.05, 0.1) is 47.4 Å². The smallest absolute Gasteiger partial charge is 0.231 e. The predicted octanol–water partition coefficient (Wildman–Crippen LogP) is 4.50. The Morgan fingerprint density at radius 3 is 2.43 bits per heavy atom. The normalized spacial score (nSPS) is 27.6. The first-order chi connectivity index (χ1) is 26.5. The number of aliphatic hydroxyl groups excluding tert-OH is 1. The Morgan fingerprint density at radius 1 is 1.09 bits per heavy atom. The van der Waals surface area contributed by atoms with E-state index in [9.17, 15) is 29.5 Å². The van der Waals surface area contributed by atoms with E-state index in [1.165, 1.54) is 0 Å². The van der Waals surface area contributed by atoms with Crippen molar-refractivity contribution < 1.29 is 33.8 Å². The van der Waals surface area contributed by atoms with Crippen molar-refractivity contribution >= 4 is 35.6 Å². The number of likely N-dealkylation sites (tertiary alicyclic amines) is 2. The number of carbonyl (C=O) groups is 4. The zero-order valence-electron chi connectivity index (χ0n) is 33.9. The lowest BCUT2D eigenvalue weighted by Gasteiger charge is -2.69. The van der Waals surface area contributed by atoms with Crippen molar-refractivity contribution in [2.24, 2.45) is 28.6 Å². The van der Waals surface area contributed by atoms with Gasteiger partial charge in [-0.25, -0.2) is 0 Å². The standard InChI is InChI=1S/C43H60ClN5O7/c1-40(2)38(41(3,4)39(40)56-32-13-12-30(25-45)34(44)24-32)43(6,28-51)49-19-9-11-29(26-49)10-7-8-22-55-23-18-36(53)46-31-16-20-48(21-17-31)42(5,27-50)33-14-15-35(52)47-37(33)54/h12-13,24,28-29,31,33,38-39,50H,8-9,11,14-23,26-27H2,1-6H3,(H,46,53)(H,47,52,54)/t29?,33?,38-,39-,42?,43?. The van der Waals surface area contributed by atoms with Crippen LogP contribution in [0.3, 0.4) is 0 Å². The molecule has 5 rings (SSSR count). The van der Waals surface area contributed by atoms with Gasteiger partial charge >= 0.3 is 0 Å². The fourth-order valence-electron chi connectivity index (χ4n) is 10.7. The maximum absolute atomic E-state index is 13.0. The van der Waals surface area contributed by atoms with Gasteiger partial charge in [-0.1, -0.05) is 45.2 Å². The van der Waals surface area contributed by atoms with Crippen LogP contribution in [-0.2, 0) is 23.9 Å². The van der Waals surface area contributed by atoms with Crippen LogP contribution >= 0.6 is 11.6 Å². The van der Waals surface area contributed by atoms with Crippen LogP contribution in [0.15, 0.2) is 18.2 Å². The molecule has 0 spiro atoms. The van der Waals surface area contributed by atoms with Crippen molar-refractivity contribution in [1.29, 1.82) is 5.26 Å². The van der Waals surface area contributed by atoms with Crippen LogP contribution in [0.1, 0.15) is 98.5 Å². The zero-order valence-corrected chi connectivity index (χ0v) is 34.7. The highest BCUT2D eigenvalue weighted by Gasteiger charge is 2.70. The van der Waals surface area contributed by atoms with E-state index in [2.05, 4.69) is 73.0 Å². The molecule has 4 unspecified atom stereocenters. The fraction of sp³-hybridized carbons (Fsp3) is 0.698. The van der Waals surface area contributed by atoms with E-state index in [4.69, 9.17) is 21.1 Å². The van der Waals surface area contributed by atoms with Gasteiger partial charge in [-0.05, 0) is 64.6 Å². The Kier molecular flexibility index (Phi) is 14.0. The lowest BCUT2D eigenvalue weighted by atomic mass is 9.41. The third-order valence-corrected chi connectivity index (χ3v) is 13.4. The number of nitrogens with zero attached hydrogens (tertiary/aromatic N) is 3. The lowest BCUT2D eigenvalue weighted by molar-refractivity contribution is -0.240. The molecule has 4 fully saturated rings. The van der Waals surface area contributed by atoms with Gasteiger partial charge in [-0.2, -0.15) is 5.26 Å². The molecular weight excluding hydrogens is 734 g/mol. The highest BCUT2D eigenvalue weighted by atomic mass is 35.5. The molecule has 3 saturated heterocycles. The number of ether oxygens (including phenoxy) is 2. The summed E-state index contributed by atoms with van der Waals surface area (Å²) in [5.74, 6) is 6.33. The number of aliphatic hydroxyl groups is 1. The highest BCUT2D eigenvalue weighted by Crippen LogP contribution is 2.64. The monoisotopic (exact) mass is 793 g/mol. The van der Waals surface area contributed by atoms with E-state index in [0.29, 0.717) is 74.9 Å². The summed E-state index contributed by atoms with van der Waals surface area (Å²) in [5, 5.41) is 25.4. The molecule has 0 radical (unpaired) electrons. The summed E-state index contributed by atoms with van der Waals surface area (Å²) in [5.41, 5.74) is -1.74. The number of halogens is 1. The van der Waals surface area contributed by atoms with Crippen LogP contribution in [0.2, 0.25) is 5.02 Å². The van der Waals surface area contributed by atoms with Crippen LogP contribution in [0, 0.1) is 51.8 Å². The molecule has 4 atom stereocenters. The largest absolute Gasteiger partial charge is 0.489 e. The predicted molar refractivity (Wildman–Crippen MR) is 212 cm³/mol. The Morgan fingerprint density at radius 2 is 1.80 bits per heavy atom. The van der Waals surface area contributed by atoms with Crippen LogP contribution in [-0.4, -0.2) is 108 Å². The van der Waals surface area contributed by atoms with Crippen molar-refractivity contribution in [3.05, 3.63) is 28.8 Å². The quantitative estimate of drug-likeness (QED) is 0.106. The van der Waals surface area contributed by atoms with Gasteiger partial charge in [0.15, 0.2) is 0 Å². The van der Waals surface area contributed by atoms with Gasteiger partial charge in [0.2, 0.25) is 17.7 Å². The van der Waals surface area contributed by atoms with Gasteiger partial charge in [-0.15, -0.1) is 5.92 Å². The number of hydrogen-bond acceptors (Lipinski definition) is 10. The minimum atomic E-state index is -0.765. The minimum absolute atomic E-state index is 0.00941. The second-order valence-electron chi connectivity index (χ2n) is 17.7. The first kappa shape index (κ1) is 43.6. The molecule has 3 aliphatic heterocycles. The van der Waals surface area contributed by atoms with E-state index in [-0.39, 0.29) is 72.0 Å². The van der Waals surface area contributed by atoms with Crippen molar-refractivity contribution in [3.8, 4) is 23.7 Å². The number of hydrogen-bond donors (Lipinski definition) is 3. The van der Waals surface area contributed by atoms with E-state index >= 15 is 0 Å². The van der Waals surface area contributed by atoms with Crippen LogP contribution in [0.5, 0.6) is 5.75 Å². The first-order valence-electron chi connectivity index (χ1n) is 20.1. The average molecular weight is 794 g/mol. The first-order valence-corrected chi connectivity index (χ1v) is 20.5. The van der Waals surface area contributed by atoms with E-state index in [0.717, 1.165) is 25.7 Å². The number of aldehydes is 1. The molecule has 0 bridgehead atoms. The molecule has 0 aromatic heterocycles. The number of nitrogens with one attached hydrogen (secondary N) is 2. The van der Waals surface area contributed by atoms with E-state index < -0.39 is 17.0 Å². The van der Waals surface area contributed by atoms with Gasteiger partial charge in [0, 0.05) is 73.7 Å². The number of benzene rings is 1. The number of nitriles is 1. The Bertz CT molecular complexity index is 1710. The zero-order chi connectivity index (χ0) is 40.9. The van der Waals surface area contributed by atoms with E-state index in [1.54, 1.807) is 18.2 Å². The maximum atomic E-state index is 13.0. The van der Waals surface area contributed by atoms with Gasteiger partial charge in [0.1, 0.15) is 24.2 Å². The SMILES string of the molecule is CC(CO)(C1CCC(=O)NC1=O)N1CCC(NC(=O)CCOCCC#CC2CCCN(C(C)(C=O)[C@H]3C(C)(C)[C@H](Oc4ccc(C#N)c(Cl)c4)C3(C)C)C2)CC1. The summed E-state index contributed by atoms with van der Waals surface area (Å²) < 4.78 is 12.3. The number of amides is 3. The lowest BCUT2D eigenvalue weighted by Crippen LogP contribution is -2.76. The van der Waals surface area contributed by atoms with Gasteiger partial charge in [0.25, 0.3) is 0 Å². The van der Waals surface area contributed by atoms with Crippen LogP contribution < -0.4 is 15.4 Å². The summed E-state index contributed by atoms with van der Waals surface area (Å²) >= 11 is 6.30. The Balaban J connectivity index is 1.03. The Hall–Kier alpha value is -3.52. The number of piperidine rings is 3. The van der Waals surface area contributed by atoms with Crippen molar-refractivity contribution in [2.45, 2.75) is 116 Å². The molecule has 1 aromatic carbocycles. The van der Waals surface area contributed by atoms with Crippen LogP contribution in [0.25, 0.3) is 0 Å². The van der Waals surface area contributed by atoms with Gasteiger partial charge in [-0.3, -0.25) is 29.5 Å². The van der Waals surface area contributed by atoms with Crippen molar-refractivity contribution in [1.82, 2.24) is 20.4 Å². The summed E-state index contributed by atoms with van der Waals surface area (Å²) in [6.45, 7) is 15.9. The van der Waals surface area contributed by atoms with Crippen molar-refractivity contribution in [2.75, 3.05) is 46.0 Å². The molecule has 3 N–H and O–H groups in total. The average Bonchev–Trinajstić information content (AvgIpc) is 3.16. The molecule has 306 valence electrons. The maximum Gasteiger partial charge on any atom is 0.231 e. The second kappa shape index (κ2) is 18.0. The summed E-state index contributed by atoms with van der Waals surface area (Å²) in [6, 6.07) is 7.22. The molecule has 56 heavy (non-hydrogen) atoms. The molecule has 4 aliphatic rings. The summed E-state index contributed by atoms with van der Waals surface area (Å²) in [4.78, 5) is 54.3. The van der Waals surface area contributed by atoms with Gasteiger partial charge < -0.3 is 24.7 Å².